The molecule has 0 bridgehead atoms. The highest BCUT2D eigenvalue weighted by Gasteiger charge is 2.30. The second-order valence-electron chi connectivity index (χ2n) is 4.01. The van der Waals surface area contributed by atoms with Crippen molar-refractivity contribution in [2.45, 2.75) is 18.6 Å². The van der Waals surface area contributed by atoms with E-state index in [0.717, 1.165) is 17.7 Å². The lowest BCUT2D eigenvalue weighted by atomic mass is 10.1. The Morgan fingerprint density at radius 3 is 2.50 bits per heavy atom. The van der Waals surface area contributed by atoms with Crippen LogP contribution in [0.15, 0.2) is 29.3 Å². The van der Waals surface area contributed by atoms with Crippen LogP contribution >= 0.6 is 0 Å². The minimum absolute atomic E-state index is 0.228. The zero-order valence-corrected chi connectivity index (χ0v) is 9.57. The third-order valence-electron chi connectivity index (χ3n) is 2.69. The lowest BCUT2D eigenvalue weighted by Crippen LogP contribution is -2.07. The molecular formula is C12H13F3N2O. The van der Waals surface area contributed by atoms with E-state index in [0.29, 0.717) is 25.5 Å². The van der Waals surface area contributed by atoms with Gasteiger partial charge in [-0.1, -0.05) is 12.1 Å². The Balaban J connectivity index is 2.12. The molecule has 6 heteroatoms. The number of ether oxygens (including phenoxy) is 1. The molecule has 1 atom stereocenters. The molecule has 2 rings (SSSR count). The molecule has 2 N–H and O–H groups in total. The molecule has 1 aliphatic heterocycles. The summed E-state index contributed by atoms with van der Waals surface area (Å²) in [7, 11) is 0. The van der Waals surface area contributed by atoms with Crippen LogP contribution < -0.4 is 5.73 Å². The SMILES string of the molecule is NCCC1=NC(c2ccc(C(F)(F)F)cc2)CO1. The van der Waals surface area contributed by atoms with E-state index in [1.807, 2.05) is 0 Å². The molecule has 0 aromatic heterocycles. The van der Waals surface area contributed by atoms with Crippen LogP contribution in [0.5, 0.6) is 0 Å². The lowest BCUT2D eigenvalue weighted by Gasteiger charge is -2.09. The van der Waals surface area contributed by atoms with Gasteiger partial charge in [-0.3, -0.25) is 0 Å². The molecule has 0 amide bonds. The van der Waals surface area contributed by atoms with Gasteiger partial charge in [0.05, 0.1) is 5.56 Å². The van der Waals surface area contributed by atoms with Crippen LogP contribution in [0.2, 0.25) is 0 Å². The van der Waals surface area contributed by atoms with Crippen LogP contribution in [0.4, 0.5) is 13.2 Å². The fraction of sp³-hybridized carbons (Fsp3) is 0.417. The van der Waals surface area contributed by atoms with Gasteiger partial charge in [0.25, 0.3) is 0 Å². The summed E-state index contributed by atoms with van der Waals surface area (Å²) in [6.45, 7) is 0.805. The number of hydrogen-bond donors (Lipinski definition) is 1. The molecule has 0 saturated carbocycles. The van der Waals surface area contributed by atoms with Crippen molar-refractivity contribution in [3.05, 3.63) is 35.4 Å². The summed E-state index contributed by atoms with van der Waals surface area (Å²) < 4.78 is 42.5. The van der Waals surface area contributed by atoms with Gasteiger partial charge >= 0.3 is 6.18 Å². The second kappa shape index (κ2) is 4.97. The molecule has 1 aromatic rings. The van der Waals surface area contributed by atoms with E-state index in [9.17, 15) is 13.2 Å². The summed E-state index contributed by atoms with van der Waals surface area (Å²) in [5.74, 6) is 0.572. The first-order chi connectivity index (χ1) is 8.50. The number of hydrogen-bond acceptors (Lipinski definition) is 3. The van der Waals surface area contributed by atoms with Crippen molar-refractivity contribution in [3.8, 4) is 0 Å². The average Bonchev–Trinajstić information content (AvgIpc) is 2.77. The Labute approximate surface area is 102 Å². The molecule has 18 heavy (non-hydrogen) atoms. The molecule has 1 aliphatic rings. The summed E-state index contributed by atoms with van der Waals surface area (Å²) in [4.78, 5) is 4.27. The van der Waals surface area contributed by atoms with Gasteiger partial charge in [-0.2, -0.15) is 13.2 Å². The number of aliphatic imine (C=N–C) groups is 1. The summed E-state index contributed by atoms with van der Waals surface area (Å²) in [5.41, 5.74) is 5.44. The molecule has 0 aliphatic carbocycles. The average molecular weight is 258 g/mol. The standard InChI is InChI=1S/C12H13F3N2O/c13-12(14,15)9-3-1-8(2-4-9)10-7-18-11(17-10)5-6-16/h1-4,10H,5-7,16H2. The van der Waals surface area contributed by atoms with Crippen LogP contribution in [0.1, 0.15) is 23.6 Å². The highest BCUT2D eigenvalue weighted by Crippen LogP contribution is 2.31. The van der Waals surface area contributed by atoms with Crippen LogP contribution in [0, 0.1) is 0 Å². The van der Waals surface area contributed by atoms with E-state index in [2.05, 4.69) is 4.99 Å². The Bertz CT molecular complexity index is 440. The van der Waals surface area contributed by atoms with Crippen molar-refractivity contribution in [2.75, 3.05) is 13.2 Å². The van der Waals surface area contributed by atoms with Gasteiger partial charge in [-0.25, -0.2) is 4.99 Å². The van der Waals surface area contributed by atoms with Crippen LogP contribution in [0.25, 0.3) is 0 Å². The molecule has 98 valence electrons. The van der Waals surface area contributed by atoms with Gasteiger partial charge in [0.15, 0.2) is 5.90 Å². The second-order valence-corrected chi connectivity index (χ2v) is 4.01. The third-order valence-corrected chi connectivity index (χ3v) is 2.69. The van der Waals surface area contributed by atoms with Crippen molar-refractivity contribution < 1.29 is 17.9 Å². The quantitative estimate of drug-likeness (QED) is 0.905. The topological polar surface area (TPSA) is 47.6 Å². The third kappa shape index (κ3) is 2.81. The van der Waals surface area contributed by atoms with Gasteiger partial charge < -0.3 is 10.5 Å². The molecule has 0 radical (unpaired) electrons. The summed E-state index contributed by atoms with van der Waals surface area (Å²) in [5, 5.41) is 0. The van der Waals surface area contributed by atoms with Gasteiger partial charge in [-0.15, -0.1) is 0 Å². The summed E-state index contributed by atoms with van der Waals surface area (Å²) in [6.07, 6.45) is -3.75. The zero-order chi connectivity index (χ0) is 13.2. The van der Waals surface area contributed by atoms with Crippen molar-refractivity contribution in [2.24, 2.45) is 10.7 Å². The molecule has 3 nitrogen and oxygen atoms in total. The lowest BCUT2D eigenvalue weighted by molar-refractivity contribution is -0.137. The van der Waals surface area contributed by atoms with E-state index < -0.39 is 11.7 Å². The smallest absolute Gasteiger partial charge is 0.416 e. The summed E-state index contributed by atoms with van der Waals surface area (Å²) >= 11 is 0. The molecule has 0 fully saturated rings. The minimum atomic E-state index is -4.31. The maximum absolute atomic E-state index is 12.4. The van der Waals surface area contributed by atoms with Crippen LogP contribution in [-0.4, -0.2) is 19.0 Å². The first-order valence-electron chi connectivity index (χ1n) is 5.57. The van der Waals surface area contributed by atoms with E-state index in [1.165, 1.54) is 12.1 Å². The highest BCUT2D eigenvalue weighted by molar-refractivity contribution is 5.78. The fourth-order valence-electron chi connectivity index (χ4n) is 1.75. The van der Waals surface area contributed by atoms with Crippen molar-refractivity contribution in [1.82, 2.24) is 0 Å². The summed E-state index contributed by atoms with van der Waals surface area (Å²) in [6, 6.07) is 4.77. The van der Waals surface area contributed by atoms with E-state index in [-0.39, 0.29) is 6.04 Å². The Hall–Kier alpha value is -1.56. The molecule has 0 saturated heterocycles. The first kappa shape index (κ1) is 12.9. The monoisotopic (exact) mass is 258 g/mol. The van der Waals surface area contributed by atoms with Gasteiger partial charge in [-0.05, 0) is 17.7 Å². The first-order valence-corrected chi connectivity index (χ1v) is 5.57. The maximum Gasteiger partial charge on any atom is 0.416 e. The molecule has 0 spiro atoms. The van der Waals surface area contributed by atoms with E-state index in [1.54, 1.807) is 0 Å². The number of alkyl halides is 3. The molecule has 1 heterocycles. The Morgan fingerprint density at radius 2 is 1.94 bits per heavy atom. The van der Waals surface area contributed by atoms with Crippen molar-refractivity contribution >= 4 is 5.90 Å². The zero-order valence-electron chi connectivity index (χ0n) is 9.57. The van der Waals surface area contributed by atoms with Crippen LogP contribution in [-0.2, 0) is 10.9 Å². The molecule has 1 unspecified atom stereocenters. The predicted octanol–water partition coefficient (Wildman–Crippen LogP) is 2.52. The predicted molar refractivity (Wildman–Crippen MR) is 61.2 cm³/mol. The normalized spacial score (nSPS) is 19.6. The number of rotatable bonds is 3. The molecular weight excluding hydrogens is 245 g/mol. The minimum Gasteiger partial charge on any atom is -0.478 e. The highest BCUT2D eigenvalue weighted by atomic mass is 19.4. The van der Waals surface area contributed by atoms with Crippen molar-refractivity contribution in [1.29, 1.82) is 0 Å². The van der Waals surface area contributed by atoms with E-state index >= 15 is 0 Å². The Morgan fingerprint density at radius 1 is 1.28 bits per heavy atom. The number of nitrogens with zero attached hydrogens (tertiary/aromatic N) is 1. The van der Waals surface area contributed by atoms with E-state index in [4.69, 9.17) is 10.5 Å². The largest absolute Gasteiger partial charge is 0.478 e. The van der Waals surface area contributed by atoms with Gasteiger partial charge in [0, 0.05) is 13.0 Å². The van der Waals surface area contributed by atoms with Gasteiger partial charge in [0.2, 0.25) is 0 Å². The molecule has 1 aromatic carbocycles. The number of benzene rings is 1. The maximum atomic E-state index is 12.4. The van der Waals surface area contributed by atoms with Gasteiger partial charge in [0.1, 0.15) is 12.6 Å². The van der Waals surface area contributed by atoms with Crippen molar-refractivity contribution in [3.63, 3.8) is 0 Å². The number of halogens is 3. The fourth-order valence-corrected chi connectivity index (χ4v) is 1.75. The number of nitrogens with two attached hydrogens (primary N) is 1. The Kier molecular flexibility index (Phi) is 3.56. The van der Waals surface area contributed by atoms with Crippen LogP contribution in [0.3, 0.4) is 0 Å².